The van der Waals surface area contributed by atoms with E-state index < -0.39 is 10.0 Å². The quantitative estimate of drug-likeness (QED) is 0.813. The number of ether oxygens (including phenoxy) is 1. The molecule has 2 aliphatic rings. The maximum Gasteiger partial charge on any atom is 0.243 e. The zero-order valence-corrected chi connectivity index (χ0v) is 18.1. The molecule has 0 radical (unpaired) electrons. The summed E-state index contributed by atoms with van der Waals surface area (Å²) in [6, 6.07) is 7.22. The minimum atomic E-state index is -3.49. The summed E-state index contributed by atoms with van der Waals surface area (Å²) in [7, 11) is -3.49. The van der Waals surface area contributed by atoms with Crippen LogP contribution in [-0.4, -0.2) is 50.0 Å². The molecule has 3 rings (SSSR count). The molecule has 1 spiro atoms. The first kappa shape index (κ1) is 21.3. The lowest BCUT2D eigenvalue weighted by Gasteiger charge is -2.38. The van der Waals surface area contributed by atoms with Crippen LogP contribution < -0.4 is 5.32 Å². The first-order chi connectivity index (χ1) is 13.1. The van der Waals surface area contributed by atoms with Gasteiger partial charge in [-0.25, -0.2) is 8.42 Å². The van der Waals surface area contributed by atoms with Gasteiger partial charge in [0.05, 0.1) is 23.1 Å². The molecule has 1 unspecified atom stereocenters. The molecular weight excluding hydrogens is 376 g/mol. The minimum Gasteiger partial charge on any atom is -0.373 e. The third-order valence-electron chi connectivity index (χ3n) is 5.90. The number of carbonyl (C=O) groups excluding carboxylic acids is 1. The SMILES string of the molecule is CC(C)C(=O)NC1COC2(CCN(S(=O)(=O)c3ccc(C(C)C)cc3)CC2)C1. The Morgan fingerprint density at radius 3 is 2.29 bits per heavy atom. The van der Waals surface area contributed by atoms with Crippen LogP contribution in [0.25, 0.3) is 0 Å². The molecule has 2 aliphatic heterocycles. The van der Waals surface area contributed by atoms with Crippen molar-refractivity contribution in [2.75, 3.05) is 19.7 Å². The molecule has 0 saturated carbocycles. The second-order valence-corrected chi connectivity index (χ2v) is 10.6. The molecule has 2 saturated heterocycles. The first-order valence-corrected chi connectivity index (χ1v) is 11.6. The van der Waals surface area contributed by atoms with Crippen molar-refractivity contribution in [3.8, 4) is 0 Å². The lowest BCUT2D eigenvalue weighted by Crippen LogP contribution is -2.47. The van der Waals surface area contributed by atoms with Crippen molar-refractivity contribution < 1.29 is 17.9 Å². The van der Waals surface area contributed by atoms with Crippen molar-refractivity contribution in [1.29, 1.82) is 0 Å². The summed E-state index contributed by atoms with van der Waals surface area (Å²) in [5.74, 6) is 0.358. The summed E-state index contributed by atoms with van der Waals surface area (Å²) < 4.78 is 33.6. The number of sulfonamides is 1. The van der Waals surface area contributed by atoms with E-state index in [1.165, 1.54) is 0 Å². The molecule has 1 atom stereocenters. The van der Waals surface area contributed by atoms with Gasteiger partial charge in [0.1, 0.15) is 0 Å². The van der Waals surface area contributed by atoms with E-state index >= 15 is 0 Å². The average Bonchev–Trinajstić information content (AvgIpc) is 3.04. The van der Waals surface area contributed by atoms with Gasteiger partial charge in [0.25, 0.3) is 0 Å². The van der Waals surface area contributed by atoms with Crippen LogP contribution in [0.15, 0.2) is 29.2 Å². The molecule has 2 heterocycles. The molecule has 156 valence electrons. The largest absolute Gasteiger partial charge is 0.373 e. The molecule has 1 N–H and O–H groups in total. The maximum absolute atomic E-state index is 13.0. The van der Waals surface area contributed by atoms with Gasteiger partial charge in [0, 0.05) is 19.0 Å². The minimum absolute atomic E-state index is 0.0154. The first-order valence-electron chi connectivity index (χ1n) is 10.2. The Bertz CT molecular complexity index is 794. The Morgan fingerprint density at radius 2 is 1.75 bits per heavy atom. The number of hydrogen-bond donors (Lipinski definition) is 1. The van der Waals surface area contributed by atoms with Gasteiger partial charge < -0.3 is 10.1 Å². The van der Waals surface area contributed by atoms with Crippen molar-refractivity contribution in [3.63, 3.8) is 0 Å². The third kappa shape index (κ3) is 4.42. The fourth-order valence-electron chi connectivity index (χ4n) is 3.96. The van der Waals surface area contributed by atoms with Crippen LogP contribution in [0.4, 0.5) is 0 Å². The molecule has 0 aromatic heterocycles. The van der Waals surface area contributed by atoms with E-state index in [0.29, 0.717) is 43.4 Å². The van der Waals surface area contributed by atoms with Crippen LogP contribution in [-0.2, 0) is 19.6 Å². The van der Waals surface area contributed by atoms with E-state index in [9.17, 15) is 13.2 Å². The monoisotopic (exact) mass is 408 g/mol. The molecule has 1 amide bonds. The standard InChI is InChI=1S/C21H32N2O4S/c1-15(2)17-5-7-19(8-6-17)28(25,26)23-11-9-21(10-12-23)13-18(14-27-21)22-20(24)16(3)4/h5-8,15-16,18H,9-14H2,1-4H3,(H,22,24). The number of amides is 1. The normalized spacial score (nSPS) is 22.9. The number of nitrogens with zero attached hydrogens (tertiary/aromatic N) is 1. The van der Waals surface area contributed by atoms with Crippen LogP contribution in [0.2, 0.25) is 0 Å². The van der Waals surface area contributed by atoms with Gasteiger partial charge in [-0.05, 0) is 42.9 Å². The molecule has 1 aromatic carbocycles. The van der Waals surface area contributed by atoms with E-state index in [4.69, 9.17) is 4.74 Å². The molecule has 0 aliphatic carbocycles. The van der Waals surface area contributed by atoms with Gasteiger partial charge in [-0.1, -0.05) is 39.8 Å². The summed E-state index contributed by atoms with van der Waals surface area (Å²) in [4.78, 5) is 12.3. The smallest absolute Gasteiger partial charge is 0.243 e. The van der Waals surface area contributed by atoms with Gasteiger partial charge in [-0.2, -0.15) is 4.31 Å². The Morgan fingerprint density at radius 1 is 1.14 bits per heavy atom. The fourth-order valence-corrected chi connectivity index (χ4v) is 5.40. The molecule has 2 fully saturated rings. The van der Waals surface area contributed by atoms with Crippen molar-refractivity contribution in [3.05, 3.63) is 29.8 Å². The number of piperidine rings is 1. The predicted octanol–water partition coefficient (Wildman–Crippen LogP) is 2.89. The van der Waals surface area contributed by atoms with E-state index in [-0.39, 0.29) is 23.5 Å². The summed E-state index contributed by atoms with van der Waals surface area (Å²) >= 11 is 0. The fraction of sp³-hybridized carbons (Fsp3) is 0.667. The van der Waals surface area contributed by atoms with Crippen molar-refractivity contribution in [2.24, 2.45) is 5.92 Å². The number of benzene rings is 1. The van der Waals surface area contributed by atoms with E-state index in [1.54, 1.807) is 16.4 Å². The number of nitrogens with one attached hydrogen (secondary N) is 1. The Labute approximate surface area is 168 Å². The molecule has 1 aromatic rings. The van der Waals surface area contributed by atoms with Crippen LogP contribution in [0.3, 0.4) is 0 Å². The molecule has 28 heavy (non-hydrogen) atoms. The van der Waals surface area contributed by atoms with E-state index in [1.807, 2.05) is 26.0 Å². The van der Waals surface area contributed by atoms with Gasteiger partial charge >= 0.3 is 0 Å². The van der Waals surface area contributed by atoms with Crippen LogP contribution in [0.1, 0.15) is 58.4 Å². The van der Waals surface area contributed by atoms with Crippen LogP contribution >= 0.6 is 0 Å². The topological polar surface area (TPSA) is 75.7 Å². The molecule has 6 nitrogen and oxygen atoms in total. The maximum atomic E-state index is 13.0. The Balaban J connectivity index is 1.61. The number of hydrogen-bond acceptors (Lipinski definition) is 4. The summed E-state index contributed by atoms with van der Waals surface area (Å²) in [5.41, 5.74) is 0.813. The van der Waals surface area contributed by atoms with Crippen LogP contribution in [0, 0.1) is 5.92 Å². The molecule has 0 bridgehead atoms. The lowest BCUT2D eigenvalue weighted by atomic mass is 9.88. The van der Waals surface area contributed by atoms with Crippen LogP contribution in [0.5, 0.6) is 0 Å². The second kappa shape index (κ2) is 8.13. The van der Waals surface area contributed by atoms with Crippen molar-refractivity contribution in [2.45, 2.75) is 69.4 Å². The molecule has 7 heteroatoms. The number of rotatable bonds is 5. The predicted molar refractivity (Wildman–Crippen MR) is 109 cm³/mol. The van der Waals surface area contributed by atoms with Gasteiger partial charge in [0.15, 0.2) is 0 Å². The Hall–Kier alpha value is -1.44. The summed E-state index contributed by atoms with van der Waals surface area (Å²) in [6.45, 7) is 9.31. The molecular formula is C21H32N2O4S. The lowest BCUT2D eigenvalue weighted by molar-refractivity contribution is -0.124. The highest BCUT2D eigenvalue weighted by Crippen LogP contribution is 2.37. The zero-order valence-electron chi connectivity index (χ0n) is 17.3. The van der Waals surface area contributed by atoms with Crippen molar-refractivity contribution >= 4 is 15.9 Å². The zero-order chi connectivity index (χ0) is 20.5. The highest BCUT2D eigenvalue weighted by molar-refractivity contribution is 7.89. The number of carbonyl (C=O) groups is 1. The second-order valence-electron chi connectivity index (χ2n) is 8.69. The van der Waals surface area contributed by atoms with Gasteiger partial charge in [-0.3, -0.25) is 4.79 Å². The van der Waals surface area contributed by atoms with Crippen molar-refractivity contribution in [1.82, 2.24) is 9.62 Å². The van der Waals surface area contributed by atoms with Gasteiger partial charge in [-0.15, -0.1) is 0 Å². The third-order valence-corrected chi connectivity index (χ3v) is 7.81. The van der Waals surface area contributed by atoms with E-state index in [0.717, 1.165) is 12.0 Å². The van der Waals surface area contributed by atoms with Gasteiger partial charge in [0.2, 0.25) is 15.9 Å². The highest BCUT2D eigenvalue weighted by atomic mass is 32.2. The highest BCUT2D eigenvalue weighted by Gasteiger charge is 2.45. The average molecular weight is 409 g/mol. The summed E-state index contributed by atoms with van der Waals surface area (Å²) in [5, 5.41) is 3.04. The Kier molecular flexibility index (Phi) is 6.17. The summed E-state index contributed by atoms with van der Waals surface area (Å²) in [6.07, 6.45) is 2.07. The van der Waals surface area contributed by atoms with E-state index in [2.05, 4.69) is 19.2 Å².